The fourth-order valence-corrected chi connectivity index (χ4v) is 5.51. The van der Waals surface area contributed by atoms with Crippen LogP contribution in [0.3, 0.4) is 0 Å². The molecule has 0 bridgehead atoms. The first-order chi connectivity index (χ1) is 14.3. The first kappa shape index (κ1) is 22.9. The van der Waals surface area contributed by atoms with Crippen molar-refractivity contribution in [2.75, 3.05) is 25.0 Å². The van der Waals surface area contributed by atoms with Crippen LogP contribution < -0.4 is 10.1 Å². The maximum atomic E-state index is 12.9. The van der Waals surface area contributed by atoms with Gasteiger partial charge in [-0.3, -0.25) is 4.79 Å². The van der Waals surface area contributed by atoms with E-state index < -0.39 is 10.0 Å². The van der Waals surface area contributed by atoms with Crippen LogP contribution in [0.15, 0.2) is 47.4 Å². The Morgan fingerprint density at radius 2 is 1.90 bits per heavy atom. The van der Waals surface area contributed by atoms with Gasteiger partial charge >= 0.3 is 0 Å². The molecule has 2 aromatic rings. The topological polar surface area (TPSA) is 75.7 Å². The lowest BCUT2D eigenvalue weighted by Gasteiger charge is -2.30. The van der Waals surface area contributed by atoms with E-state index in [9.17, 15) is 13.2 Å². The van der Waals surface area contributed by atoms with Crippen molar-refractivity contribution >= 4 is 44.8 Å². The Morgan fingerprint density at radius 3 is 2.60 bits per heavy atom. The molecule has 9 heteroatoms. The van der Waals surface area contributed by atoms with E-state index in [1.54, 1.807) is 18.2 Å². The summed E-state index contributed by atoms with van der Waals surface area (Å²) in [6.45, 7) is 3.12. The maximum absolute atomic E-state index is 12.9. The van der Waals surface area contributed by atoms with Crippen LogP contribution >= 0.6 is 23.2 Å². The fraction of sp³-hybridized carbons (Fsp3) is 0.381. The van der Waals surface area contributed by atoms with Crippen LogP contribution in [-0.2, 0) is 14.8 Å². The van der Waals surface area contributed by atoms with Crippen molar-refractivity contribution in [1.82, 2.24) is 4.31 Å². The number of rotatable bonds is 7. The second kappa shape index (κ2) is 10.0. The molecule has 0 spiro atoms. The van der Waals surface area contributed by atoms with E-state index >= 15 is 0 Å². The number of hydrogen-bond acceptors (Lipinski definition) is 4. The van der Waals surface area contributed by atoms with E-state index in [1.807, 2.05) is 19.1 Å². The highest BCUT2D eigenvalue weighted by molar-refractivity contribution is 7.89. The van der Waals surface area contributed by atoms with Gasteiger partial charge in [0.25, 0.3) is 0 Å². The second-order valence-electron chi connectivity index (χ2n) is 7.12. The molecule has 0 radical (unpaired) electrons. The van der Waals surface area contributed by atoms with Gasteiger partial charge in [0.15, 0.2) is 0 Å². The van der Waals surface area contributed by atoms with Gasteiger partial charge in [-0.1, -0.05) is 36.2 Å². The number of amides is 1. The number of sulfonamides is 1. The van der Waals surface area contributed by atoms with E-state index in [-0.39, 0.29) is 34.8 Å². The third kappa shape index (κ3) is 5.46. The number of piperidine rings is 1. The fourth-order valence-electron chi connectivity index (χ4n) is 3.30. The van der Waals surface area contributed by atoms with Gasteiger partial charge in [-0.15, -0.1) is 0 Å². The van der Waals surface area contributed by atoms with Gasteiger partial charge < -0.3 is 10.1 Å². The molecular formula is C21H24Cl2N2O4S. The van der Waals surface area contributed by atoms with Gasteiger partial charge in [-0.25, -0.2) is 8.42 Å². The molecule has 0 unspecified atom stereocenters. The minimum atomic E-state index is -3.77. The van der Waals surface area contributed by atoms with Crippen LogP contribution in [0.5, 0.6) is 5.75 Å². The molecule has 0 saturated carbocycles. The van der Waals surface area contributed by atoms with Crippen LogP contribution in [0.2, 0.25) is 10.0 Å². The quantitative estimate of drug-likeness (QED) is 0.628. The van der Waals surface area contributed by atoms with Gasteiger partial charge in [0.05, 0.1) is 11.6 Å². The van der Waals surface area contributed by atoms with Crippen LogP contribution in [0.4, 0.5) is 5.69 Å². The number of anilines is 1. The minimum Gasteiger partial charge on any atom is -0.494 e. The maximum Gasteiger partial charge on any atom is 0.244 e. The Labute approximate surface area is 187 Å². The number of nitrogens with zero attached hydrogens (tertiary/aromatic N) is 1. The van der Waals surface area contributed by atoms with Crippen molar-refractivity contribution in [2.45, 2.75) is 31.1 Å². The molecule has 1 aliphatic rings. The third-order valence-corrected chi connectivity index (χ3v) is 7.53. The summed E-state index contributed by atoms with van der Waals surface area (Å²) in [5.41, 5.74) is 0.661. The first-order valence-electron chi connectivity index (χ1n) is 9.80. The highest BCUT2D eigenvalue weighted by Crippen LogP contribution is 2.30. The third-order valence-electron chi connectivity index (χ3n) is 4.91. The smallest absolute Gasteiger partial charge is 0.244 e. The molecule has 1 fully saturated rings. The van der Waals surface area contributed by atoms with Crippen LogP contribution in [0.1, 0.15) is 26.2 Å². The molecular weight excluding hydrogens is 447 g/mol. The molecule has 6 nitrogen and oxygen atoms in total. The molecule has 1 heterocycles. The van der Waals surface area contributed by atoms with Crippen LogP contribution in [-0.4, -0.2) is 38.3 Å². The summed E-state index contributed by atoms with van der Waals surface area (Å²) in [5, 5.41) is 3.34. The van der Waals surface area contributed by atoms with E-state index in [2.05, 4.69) is 5.32 Å². The summed E-state index contributed by atoms with van der Waals surface area (Å²) >= 11 is 12.0. The Balaban J connectivity index is 1.61. The van der Waals surface area contributed by atoms with E-state index in [0.717, 1.165) is 6.42 Å². The Morgan fingerprint density at radius 1 is 1.17 bits per heavy atom. The largest absolute Gasteiger partial charge is 0.494 e. The average molecular weight is 471 g/mol. The first-order valence-corrected chi connectivity index (χ1v) is 12.0. The SMILES string of the molecule is CCCOc1cccc(NC(=O)C2CCN(S(=O)(=O)c3cc(Cl)ccc3Cl)CC2)c1. The van der Waals surface area contributed by atoms with Crippen LogP contribution in [0, 0.1) is 5.92 Å². The number of ether oxygens (including phenoxy) is 1. The van der Waals surface area contributed by atoms with Crippen molar-refractivity contribution in [3.05, 3.63) is 52.5 Å². The van der Waals surface area contributed by atoms with E-state index in [1.165, 1.54) is 16.4 Å². The Bertz CT molecular complexity index is 1010. The monoisotopic (exact) mass is 470 g/mol. The summed E-state index contributed by atoms with van der Waals surface area (Å²) < 4.78 is 32.8. The molecule has 0 atom stereocenters. The van der Waals surface area contributed by atoms with Crippen molar-refractivity contribution in [3.63, 3.8) is 0 Å². The lowest BCUT2D eigenvalue weighted by Crippen LogP contribution is -2.41. The van der Waals surface area contributed by atoms with Gasteiger partial charge in [-0.05, 0) is 49.6 Å². The summed E-state index contributed by atoms with van der Waals surface area (Å²) in [5.74, 6) is 0.306. The number of carbonyl (C=O) groups excluding carboxylic acids is 1. The summed E-state index contributed by atoms with van der Waals surface area (Å²) in [6, 6.07) is 11.6. The van der Waals surface area contributed by atoms with Gasteiger partial charge in [-0.2, -0.15) is 4.31 Å². The lowest BCUT2D eigenvalue weighted by atomic mass is 9.97. The van der Waals surface area contributed by atoms with Gasteiger partial charge in [0, 0.05) is 35.8 Å². The highest BCUT2D eigenvalue weighted by Gasteiger charge is 2.33. The van der Waals surface area contributed by atoms with Crippen molar-refractivity contribution in [1.29, 1.82) is 0 Å². The molecule has 3 rings (SSSR count). The standard InChI is InChI=1S/C21H24Cl2N2O4S/c1-2-12-29-18-5-3-4-17(14-18)24-21(26)15-8-10-25(11-9-15)30(27,28)20-13-16(22)6-7-19(20)23/h3-7,13-15H,2,8-12H2,1H3,(H,24,26). The van der Waals surface area contributed by atoms with E-state index in [0.29, 0.717) is 35.9 Å². The summed E-state index contributed by atoms with van der Waals surface area (Å²) in [7, 11) is -3.77. The molecule has 162 valence electrons. The van der Waals surface area contributed by atoms with Crippen LogP contribution in [0.25, 0.3) is 0 Å². The zero-order valence-electron chi connectivity index (χ0n) is 16.6. The van der Waals surface area contributed by atoms with Gasteiger partial charge in [0.2, 0.25) is 15.9 Å². The Hall–Kier alpha value is -1.80. The summed E-state index contributed by atoms with van der Waals surface area (Å²) in [6.07, 6.45) is 1.75. The van der Waals surface area contributed by atoms with Gasteiger partial charge in [0.1, 0.15) is 10.6 Å². The number of hydrogen-bond donors (Lipinski definition) is 1. The number of carbonyl (C=O) groups is 1. The molecule has 1 amide bonds. The van der Waals surface area contributed by atoms with Crippen molar-refractivity contribution in [3.8, 4) is 5.75 Å². The number of halogens is 2. The minimum absolute atomic E-state index is 0.0107. The zero-order valence-corrected chi connectivity index (χ0v) is 18.9. The zero-order chi connectivity index (χ0) is 21.7. The molecule has 1 N–H and O–H groups in total. The number of benzene rings is 2. The second-order valence-corrected chi connectivity index (χ2v) is 9.87. The predicted molar refractivity (Wildman–Crippen MR) is 119 cm³/mol. The molecule has 0 aliphatic carbocycles. The number of nitrogens with one attached hydrogen (secondary N) is 1. The van der Waals surface area contributed by atoms with Crippen molar-refractivity contribution in [2.24, 2.45) is 5.92 Å². The molecule has 2 aromatic carbocycles. The highest BCUT2D eigenvalue weighted by atomic mass is 35.5. The predicted octanol–water partition coefficient (Wildman–Crippen LogP) is 4.82. The normalized spacial score (nSPS) is 15.7. The Kier molecular flexibility index (Phi) is 7.63. The molecule has 1 saturated heterocycles. The molecule has 30 heavy (non-hydrogen) atoms. The van der Waals surface area contributed by atoms with E-state index in [4.69, 9.17) is 27.9 Å². The molecule has 0 aromatic heterocycles. The molecule has 1 aliphatic heterocycles. The van der Waals surface area contributed by atoms with Crippen molar-refractivity contribution < 1.29 is 17.9 Å². The lowest BCUT2D eigenvalue weighted by molar-refractivity contribution is -0.120. The average Bonchev–Trinajstić information content (AvgIpc) is 2.74. The summed E-state index contributed by atoms with van der Waals surface area (Å²) in [4.78, 5) is 12.6.